The Kier molecular flexibility index (Phi) is 7.11. The Hall–Kier alpha value is -3.03. The molecule has 8 heteroatoms. The van der Waals surface area contributed by atoms with Crippen molar-refractivity contribution >= 4 is 34.7 Å². The summed E-state index contributed by atoms with van der Waals surface area (Å²) in [4.78, 5) is 31.4. The number of carbonyl (C=O) groups is 2. The maximum absolute atomic E-state index is 13.1. The van der Waals surface area contributed by atoms with Gasteiger partial charge in [-0.25, -0.2) is 0 Å². The maximum atomic E-state index is 13.1. The lowest BCUT2D eigenvalue weighted by atomic mass is 9.95. The Morgan fingerprint density at radius 2 is 1.75 bits per heavy atom. The minimum Gasteiger partial charge on any atom is -0.507 e. The molecule has 170 valence electrons. The molecule has 1 N–H and O–H groups in total. The van der Waals surface area contributed by atoms with Crippen LogP contribution in [0, 0.1) is 0 Å². The lowest BCUT2D eigenvalue weighted by molar-refractivity contribution is -0.140. The number of Topliss-reactive ketones (excluding diaryl/α,β-unsaturated/α-hetero) is 1. The lowest BCUT2D eigenvalue weighted by Gasteiger charge is -2.27. The van der Waals surface area contributed by atoms with Crippen LogP contribution < -0.4 is 9.64 Å². The van der Waals surface area contributed by atoms with Crippen molar-refractivity contribution in [2.45, 2.75) is 6.04 Å². The van der Waals surface area contributed by atoms with Crippen LogP contribution in [0.4, 0.5) is 5.69 Å². The first-order chi connectivity index (χ1) is 15.1. The topological polar surface area (TPSA) is 73.3 Å². The summed E-state index contributed by atoms with van der Waals surface area (Å²) in [5.74, 6) is -1.16. The monoisotopic (exact) mass is 457 g/mol. The summed E-state index contributed by atoms with van der Waals surface area (Å²) in [7, 11) is 9.17. The number of rotatable bonds is 7. The Bertz CT molecular complexity index is 1050. The summed E-state index contributed by atoms with van der Waals surface area (Å²) in [5, 5.41) is 11.4. The second-order valence-corrected chi connectivity index (χ2v) is 8.54. The molecule has 7 nitrogen and oxygen atoms in total. The van der Waals surface area contributed by atoms with Crippen LogP contribution in [0.15, 0.2) is 48.0 Å². The van der Waals surface area contributed by atoms with Gasteiger partial charge in [0.1, 0.15) is 11.5 Å². The zero-order valence-electron chi connectivity index (χ0n) is 18.9. The van der Waals surface area contributed by atoms with Gasteiger partial charge in [-0.1, -0.05) is 23.7 Å². The predicted octanol–water partition coefficient (Wildman–Crippen LogP) is 3.40. The van der Waals surface area contributed by atoms with Crippen molar-refractivity contribution in [3.8, 4) is 5.75 Å². The number of likely N-dealkylation sites (tertiary alicyclic amines) is 1. The van der Waals surface area contributed by atoms with Gasteiger partial charge >= 0.3 is 0 Å². The third-order valence-corrected chi connectivity index (χ3v) is 5.77. The fourth-order valence-electron chi connectivity index (χ4n) is 3.69. The third-order valence-electron chi connectivity index (χ3n) is 5.48. The summed E-state index contributed by atoms with van der Waals surface area (Å²) in [5.41, 5.74) is 2.12. The number of hydrogen-bond donors (Lipinski definition) is 1. The van der Waals surface area contributed by atoms with Crippen LogP contribution in [-0.2, 0) is 9.59 Å². The van der Waals surface area contributed by atoms with Crippen LogP contribution in [0.2, 0.25) is 5.02 Å². The predicted molar refractivity (Wildman–Crippen MR) is 126 cm³/mol. The number of benzene rings is 2. The molecule has 3 rings (SSSR count). The maximum Gasteiger partial charge on any atom is 0.295 e. The molecular formula is C24H28ClN3O4. The van der Waals surface area contributed by atoms with Gasteiger partial charge in [-0.2, -0.15) is 0 Å². The first-order valence-corrected chi connectivity index (χ1v) is 10.6. The minimum atomic E-state index is -0.713. The molecule has 2 aromatic rings. The number of amides is 1. The number of halogens is 1. The van der Waals surface area contributed by atoms with Crippen LogP contribution in [-0.4, -0.2) is 75.0 Å². The van der Waals surface area contributed by atoms with Crippen LogP contribution in [0.1, 0.15) is 17.2 Å². The molecule has 1 aliphatic rings. The van der Waals surface area contributed by atoms with Crippen molar-refractivity contribution in [3.05, 3.63) is 64.2 Å². The molecule has 0 saturated carbocycles. The van der Waals surface area contributed by atoms with Gasteiger partial charge in [-0.05, 0) is 50.0 Å². The van der Waals surface area contributed by atoms with E-state index in [9.17, 15) is 14.7 Å². The smallest absolute Gasteiger partial charge is 0.295 e. The van der Waals surface area contributed by atoms with Crippen molar-refractivity contribution in [2.75, 3.05) is 53.3 Å². The molecule has 1 amide bonds. The normalized spacial score (nSPS) is 17.8. The van der Waals surface area contributed by atoms with Crippen LogP contribution in [0.3, 0.4) is 0 Å². The van der Waals surface area contributed by atoms with E-state index < -0.39 is 17.7 Å². The Labute approximate surface area is 193 Å². The summed E-state index contributed by atoms with van der Waals surface area (Å²) in [6.07, 6.45) is 0. The van der Waals surface area contributed by atoms with Crippen molar-refractivity contribution in [1.82, 2.24) is 9.80 Å². The molecule has 1 aliphatic heterocycles. The SMILES string of the molecule is COc1ccc(/C(O)=C2/C(=O)C(=O)N(CCN(C)C)C2c2ccc(N(C)C)cc2)cc1Cl. The fraction of sp³-hybridized carbons (Fsp3) is 0.333. The number of likely N-dealkylation sites (N-methyl/N-ethyl adjacent to an activating group) is 1. The fourth-order valence-corrected chi connectivity index (χ4v) is 3.95. The average Bonchev–Trinajstić information content (AvgIpc) is 3.01. The molecule has 32 heavy (non-hydrogen) atoms. The number of hydrogen-bond acceptors (Lipinski definition) is 6. The van der Waals surface area contributed by atoms with Crippen molar-refractivity contribution < 1.29 is 19.4 Å². The summed E-state index contributed by atoms with van der Waals surface area (Å²) < 4.78 is 5.17. The van der Waals surface area contributed by atoms with Gasteiger partial charge in [0.25, 0.3) is 11.7 Å². The number of carbonyl (C=O) groups excluding carboxylic acids is 2. The van der Waals surface area contributed by atoms with Gasteiger partial charge in [0.15, 0.2) is 0 Å². The zero-order chi connectivity index (χ0) is 23.6. The van der Waals surface area contributed by atoms with Crippen molar-refractivity contribution in [1.29, 1.82) is 0 Å². The number of methoxy groups -OCH3 is 1. The van der Waals surface area contributed by atoms with E-state index in [0.29, 0.717) is 29.4 Å². The number of aliphatic hydroxyl groups is 1. The molecule has 0 aromatic heterocycles. The highest BCUT2D eigenvalue weighted by Crippen LogP contribution is 2.40. The standard InChI is InChI=1S/C24H28ClN3O4/c1-26(2)12-13-28-21(15-6-9-17(10-7-15)27(3)4)20(23(30)24(28)31)22(29)16-8-11-19(32-5)18(25)14-16/h6-11,14,21,29H,12-13H2,1-5H3/b22-20-. The van der Waals surface area contributed by atoms with E-state index in [4.69, 9.17) is 16.3 Å². The number of ketones is 1. The summed E-state index contributed by atoms with van der Waals surface area (Å²) in [6, 6.07) is 11.6. The minimum absolute atomic E-state index is 0.0487. The number of anilines is 1. The van der Waals surface area contributed by atoms with Crippen LogP contribution >= 0.6 is 11.6 Å². The second-order valence-electron chi connectivity index (χ2n) is 8.13. The highest BCUT2D eigenvalue weighted by atomic mass is 35.5. The van der Waals surface area contributed by atoms with Gasteiger partial charge in [-0.15, -0.1) is 0 Å². The average molecular weight is 458 g/mol. The molecule has 1 atom stereocenters. The quantitative estimate of drug-likeness (QED) is 0.390. The van der Waals surface area contributed by atoms with E-state index >= 15 is 0 Å². The first-order valence-electron chi connectivity index (χ1n) is 10.2. The summed E-state index contributed by atoms with van der Waals surface area (Å²) in [6.45, 7) is 0.922. The van der Waals surface area contributed by atoms with Crippen LogP contribution in [0.5, 0.6) is 5.75 Å². The van der Waals surface area contributed by atoms with Gasteiger partial charge < -0.3 is 24.5 Å². The largest absolute Gasteiger partial charge is 0.507 e. The first kappa shape index (κ1) is 23.6. The van der Waals surface area contributed by atoms with E-state index in [0.717, 1.165) is 11.3 Å². The third kappa shape index (κ3) is 4.59. The van der Waals surface area contributed by atoms with Gasteiger partial charge in [0, 0.05) is 38.4 Å². The van der Waals surface area contributed by atoms with E-state index in [1.807, 2.05) is 62.3 Å². The van der Waals surface area contributed by atoms with Gasteiger partial charge in [-0.3, -0.25) is 9.59 Å². The van der Waals surface area contributed by atoms with Crippen molar-refractivity contribution in [2.24, 2.45) is 0 Å². The highest BCUT2D eigenvalue weighted by Gasteiger charge is 2.45. The molecule has 0 aliphatic carbocycles. The molecule has 0 spiro atoms. The summed E-state index contributed by atoms with van der Waals surface area (Å²) >= 11 is 6.23. The van der Waals surface area contributed by atoms with E-state index in [1.54, 1.807) is 12.1 Å². The molecule has 0 radical (unpaired) electrons. The molecule has 0 bridgehead atoms. The second kappa shape index (κ2) is 9.63. The molecule has 1 saturated heterocycles. The Balaban J connectivity index is 2.14. The van der Waals surface area contributed by atoms with E-state index in [2.05, 4.69) is 0 Å². The Morgan fingerprint density at radius 3 is 2.28 bits per heavy atom. The van der Waals surface area contributed by atoms with Gasteiger partial charge in [0.05, 0.1) is 23.7 Å². The van der Waals surface area contributed by atoms with E-state index in [1.165, 1.54) is 18.1 Å². The molecule has 2 aromatic carbocycles. The molecule has 1 heterocycles. The van der Waals surface area contributed by atoms with Crippen molar-refractivity contribution in [3.63, 3.8) is 0 Å². The highest BCUT2D eigenvalue weighted by molar-refractivity contribution is 6.46. The number of nitrogens with zero attached hydrogens (tertiary/aromatic N) is 3. The zero-order valence-corrected chi connectivity index (χ0v) is 19.7. The number of ether oxygens (including phenoxy) is 1. The molecule has 1 fully saturated rings. The molecule has 1 unspecified atom stereocenters. The van der Waals surface area contributed by atoms with E-state index in [-0.39, 0.29) is 11.3 Å². The Morgan fingerprint density at radius 1 is 1.09 bits per heavy atom. The van der Waals surface area contributed by atoms with Crippen LogP contribution in [0.25, 0.3) is 5.76 Å². The molecular weight excluding hydrogens is 430 g/mol. The number of aliphatic hydroxyl groups excluding tert-OH is 1. The van der Waals surface area contributed by atoms with Gasteiger partial charge in [0.2, 0.25) is 0 Å². The lowest BCUT2D eigenvalue weighted by Crippen LogP contribution is -2.35.